The molecule has 0 saturated carbocycles. The minimum absolute atomic E-state index is 0.331. The highest BCUT2D eigenvalue weighted by atomic mass is 32.2. The highest BCUT2D eigenvalue weighted by molar-refractivity contribution is 7.79. The van der Waals surface area contributed by atoms with Crippen molar-refractivity contribution in [1.82, 2.24) is 0 Å². The summed E-state index contributed by atoms with van der Waals surface area (Å²) in [6.07, 6.45) is 3.18. The summed E-state index contributed by atoms with van der Waals surface area (Å²) in [6.45, 7) is 0.441. The molecule has 0 fully saturated rings. The minimum atomic E-state index is -2.18. The molecule has 1 heterocycles. The van der Waals surface area contributed by atoms with Crippen molar-refractivity contribution in [2.24, 2.45) is 0 Å². The molecular formula is C9H7O3S-. The SMILES string of the molecule is O=S([O-])c1cccc2c1C=COC2. The predicted octanol–water partition coefficient (Wildman–Crippen LogP) is 1.43. The van der Waals surface area contributed by atoms with E-state index in [-0.39, 0.29) is 0 Å². The zero-order chi connectivity index (χ0) is 9.26. The molecule has 13 heavy (non-hydrogen) atoms. The molecule has 0 spiro atoms. The summed E-state index contributed by atoms with van der Waals surface area (Å²) in [7, 11) is 0. The van der Waals surface area contributed by atoms with E-state index in [0.717, 1.165) is 11.1 Å². The summed E-state index contributed by atoms with van der Waals surface area (Å²) >= 11 is -2.18. The maximum atomic E-state index is 10.8. The molecule has 0 radical (unpaired) electrons. The molecule has 0 bridgehead atoms. The maximum Gasteiger partial charge on any atom is 0.113 e. The van der Waals surface area contributed by atoms with E-state index in [4.69, 9.17) is 4.74 Å². The molecule has 1 aromatic rings. The van der Waals surface area contributed by atoms with Gasteiger partial charge in [-0.1, -0.05) is 12.1 Å². The monoisotopic (exact) mass is 195 g/mol. The van der Waals surface area contributed by atoms with E-state index in [1.165, 1.54) is 6.26 Å². The molecule has 1 aromatic carbocycles. The summed E-state index contributed by atoms with van der Waals surface area (Å²) in [6, 6.07) is 5.15. The molecule has 0 amide bonds. The second-order valence-corrected chi connectivity index (χ2v) is 3.59. The molecule has 1 aliphatic rings. The molecule has 0 saturated heterocycles. The van der Waals surface area contributed by atoms with Gasteiger partial charge in [0.1, 0.15) is 6.61 Å². The molecule has 0 aromatic heterocycles. The Bertz CT molecular complexity index is 384. The van der Waals surface area contributed by atoms with E-state index in [2.05, 4.69) is 0 Å². The van der Waals surface area contributed by atoms with Crippen LogP contribution < -0.4 is 0 Å². The molecule has 3 nitrogen and oxygen atoms in total. The van der Waals surface area contributed by atoms with E-state index in [1.54, 1.807) is 18.2 Å². The molecule has 1 unspecified atom stereocenters. The van der Waals surface area contributed by atoms with Crippen LogP contribution in [0.3, 0.4) is 0 Å². The van der Waals surface area contributed by atoms with Crippen LogP contribution in [0.4, 0.5) is 0 Å². The van der Waals surface area contributed by atoms with Crippen molar-refractivity contribution >= 4 is 17.2 Å². The summed E-state index contributed by atoms with van der Waals surface area (Å²) in [5.74, 6) is 0. The van der Waals surface area contributed by atoms with Gasteiger partial charge >= 0.3 is 0 Å². The zero-order valence-electron chi connectivity index (χ0n) is 6.73. The van der Waals surface area contributed by atoms with E-state index < -0.39 is 11.1 Å². The average molecular weight is 195 g/mol. The van der Waals surface area contributed by atoms with Crippen LogP contribution in [0.2, 0.25) is 0 Å². The van der Waals surface area contributed by atoms with Gasteiger partial charge < -0.3 is 9.29 Å². The fourth-order valence-corrected chi connectivity index (χ4v) is 1.87. The van der Waals surface area contributed by atoms with Crippen LogP contribution in [0, 0.1) is 0 Å². The lowest BCUT2D eigenvalue weighted by Gasteiger charge is -2.16. The largest absolute Gasteiger partial charge is 0.768 e. The summed E-state index contributed by atoms with van der Waals surface area (Å²) in [5, 5.41) is 0. The Morgan fingerprint density at radius 1 is 1.46 bits per heavy atom. The molecular weight excluding hydrogens is 188 g/mol. The van der Waals surface area contributed by atoms with Crippen LogP contribution in [0.25, 0.3) is 6.08 Å². The Labute approximate surface area is 78.3 Å². The van der Waals surface area contributed by atoms with Crippen molar-refractivity contribution in [3.8, 4) is 0 Å². The Kier molecular flexibility index (Phi) is 2.16. The Morgan fingerprint density at radius 2 is 2.31 bits per heavy atom. The van der Waals surface area contributed by atoms with Gasteiger partial charge in [0.05, 0.1) is 6.26 Å². The first kappa shape index (κ1) is 8.47. The Hall–Kier alpha value is -1.13. The lowest BCUT2D eigenvalue weighted by Crippen LogP contribution is -2.01. The lowest BCUT2D eigenvalue weighted by molar-refractivity contribution is 0.234. The molecule has 68 valence electrons. The minimum Gasteiger partial charge on any atom is -0.768 e. The Balaban J connectivity index is 2.60. The molecule has 4 heteroatoms. The van der Waals surface area contributed by atoms with Crippen molar-refractivity contribution in [3.05, 3.63) is 35.6 Å². The van der Waals surface area contributed by atoms with Crippen LogP contribution in [0.5, 0.6) is 0 Å². The average Bonchev–Trinajstić information content (AvgIpc) is 2.17. The third-order valence-corrected chi connectivity index (χ3v) is 2.62. The molecule has 0 N–H and O–H groups in total. The summed E-state index contributed by atoms with van der Waals surface area (Å²) in [4.78, 5) is 0.331. The molecule has 1 aliphatic heterocycles. The van der Waals surface area contributed by atoms with E-state index in [1.807, 2.05) is 6.07 Å². The number of hydrogen-bond donors (Lipinski definition) is 0. The molecule has 2 rings (SSSR count). The van der Waals surface area contributed by atoms with Crippen molar-refractivity contribution in [2.75, 3.05) is 0 Å². The van der Waals surface area contributed by atoms with Gasteiger partial charge in [-0.05, 0) is 34.3 Å². The molecule has 0 aliphatic carbocycles. The van der Waals surface area contributed by atoms with Crippen LogP contribution >= 0.6 is 0 Å². The standard InChI is InChI=1S/C9H8O3S/c10-13(11)9-3-1-2-7-6-12-5-4-8(7)9/h1-5H,6H2,(H,10,11)/p-1. The first-order valence-electron chi connectivity index (χ1n) is 3.78. The van der Waals surface area contributed by atoms with E-state index >= 15 is 0 Å². The maximum absolute atomic E-state index is 10.8. The van der Waals surface area contributed by atoms with Gasteiger partial charge in [0, 0.05) is 4.90 Å². The fourth-order valence-electron chi connectivity index (χ4n) is 1.30. The third kappa shape index (κ3) is 1.50. The predicted molar refractivity (Wildman–Crippen MR) is 47.5 cm³/mol. The number of benzene rings is 1. The second kappa shape index (κ2) is 3.32. The molecule has 1 atom stereocenters. The number of hydrogen-bond acceptors (Lipinski definition) is 3. The van der Waals surface area contributed by atoms with Gasteiger partial charge in [-0.2, -0.15) is 0 Å². The Morgan fingerprint density at radius 3 is 3.08 bits per heavy atom. The van der Waals surface area contributed by atoms with Gasteiger partial charge in [0.2, 0.25) is 0 Å². The first-order valence-corrected chi connectivity index (χ1v) is 4.86. The first-order chi connectivity index (χ1) is 6.29. The van der Waals surface area contributed by atoms with Crippen LogP contribution in [0.1, 0.15) is 11.1 Å². The quantitative estimate of drug-likeness (QED) is 0.637. The van der Waals surface area contributed by atoms with Crippen molar-refractivity contribution < 1.29 is 13.5 Å². The third-order valence-electron chi connectivity index (χ3n) is 1.91. The van der Waals surface area contributed by atoms with Crippen LogP contribution in [-0.4, -0.2) is 8.76 Å². The van der Waals surface area contributed by atoms with Gasteiger partial charge in [0.15, 0.2) is 0 Å². The van der Waals surface area contributed by atoms with Gasteiger partial charge in [-0.15, -0.1) is 0 Å². The highest BCUT2D eigenvalue weighted by Gasteiger charge is 2.09. The normalized spacial score (nSPS) is 16.1. The van der Waals surface area contributed by atoms with Gasteiger partial charge in [-0.25, -0.2) is 0 Å². The van der Waals surface area contributed by atoms with Gasteiger partial charge in [-0.3, -0.25) is 4.21 Å². The van der Waals surface area contributed by atoms with Crippen molar-refractivity contribution in [2.45, 2.75) is 11.5 Å². The van der Waals surface area contributed by atoms with Crippen LogP contribution in [0.15, 0.2) is 29.4 Å². The van der Waals surface area contributed by atoms with E-state index in [0.29, 0.717) is 11.5 Å². The van der Waals surface area contributed by atoms with Gasteiger partial charge in [0.25, 0.3) is 0 Å². The summed E-state index contributed by atoms with van der Waals surface area (Å²) < 4.78 is 26.6. The smallest absolute Gasteiger partial charge is 0.113 e. The number of fused-ring (bicyclic) bond motifs is 1. The topological polar surface area (TPSA) is 49.4 Å². The van der Waals surface area contributed by atoms with E-state index in [9.17, 15) is 8.76 Å². The fraction of sp³-hybridized carbons (Fsp3) is 0.111. The summed E-state index contributed by atoms with van der Waals surface area (Å²) in [5.41, 5.74) is 1.64. The van der Waals surface area contributed by atoms with Crippen molar-refractivity contribution in [1.29, 1.82) is 0 Å². The van der Waals surface area contributed by atoms with Crippen molar-refractivity contribution in [3.63, 3.8) is 0 Å². The highest BCUT2D eigenvalue weighted by Crippen LogP contribution is 2.23. The lowest BCUT2D eigenvalue weighted by atomic mass is 10.1. The number of ether oxygens (including phenoxy) is 1. The van der Waals surface area contributed by atoms with Crippen LogP contribution in [-0.2, 0) is 22.4 Å². The zero-order valence-corrected chi connectivity index (χ0v) is 7.54. The number of rotatable bonds is 1. The second-order valence-electron chi connectivity index (χ2n) is 2.68.